The fraction of sp³-hybridized carbons (Fsp3) is 0.133. The van der Waals surface area contributed by atoms with Gasteiger partial charge in [0, 0.05) is 5.02 Å². The first-order chi connectivity index (χ1) is 18.8. The van der Waals surface area contributed by atoms with Crippen molar-refractivity contribution in [2.45, 2.75) is 18.3 Å². The largest absolute Gasteiger partial charge is 0.397 e. The number of alkyl halides is 5. The van der Waals surface area contributed by atoms with Gasteiger partial charge in [-0.15, -0.1) is 11.6 Å². The maximum atomic E-state index is 18.0. The van der Waals surface area contributed by atoms with Gasteiger partial charge in [-0.3, -0.25) is 0 Å². The van der Waals surface area contributed by atoms with Crippen LogP contribution < -0.4 is 5.73 Å². The number of hydrogen-bond acceptors (Lipinski definition) is 1. The summed E-state index contributed by atoms with van der Waals surface area (Å²) in [6.45, 7) is 0. The van der Waals surface area contributed by atoms with Crippen molar-refractivity contribution in [3.05, 3.63) is 134 Å². The second-order valence-electron chi connectivity index (χ2n) is 9.34. The molecule has 4 unspecified atom stereocenters. The molecular formula is C30H18BrCl5F2IN. The molecule has 0 aliphatic heterocycles. The number of rotatable bonds is 4. The predicted octanol–water partition coefficient (Wildman–Crippen LogP) is 11.6. The van der Waals surface area contributed by atoms with E-state index in [1.165, 1.54) is 24.3 Å². The normalized spacial score (nSPS) is 26.7. The smallest absolute Gasteiger partial charge is 0.220 e. The maximum Gasteiger partial charge on any atom is 0.220 e. The van der Waals surface area contributed by atoms with Crippen LogP contribution in [0.25, 0.3) is 11.1 Å². The molecule has 0 saturated carbocycles. The third-order valence-electron chi connectivity index (χ3n) is 6.98. The van der Waals surface area contributed by atoms with Gasteiger partial charge in [0.25, 0.3) is 0 Å². The lowest BCUT2D eigenvalue weighted by Crippen LogP contribution is -2.55. The number of hydrogen-bond donors (Lipinski definition) is 1. The van der Waals surface area contributed by atoms with E-state index in [4.69, 9.17) is 63.7 Å². The highest BCUT2D eigenvalue weighted by atomic mass is 127. The molecule has 2 N–H and O–H groups in total. The van der Waals surface area contributed by atoms with Crippen molar-refractivity contribution in [1.82, 2.24) is 0 Å². The quantitative estimate of drug-likeness (QED) is 0.124. The van der Waals surface area contributed by atoms with Crippen LogP contribution in [-0.4, -0.2) is 7.46 Å². The molecule has 1 aliphatic rings. The number of nitrogen functional groups attached to an aromatic ring is 1. The molecule has 10 heteroatoms. The highest BCUT2D eigenvalue weighted by Gasteiger charge is 2.69. The molecule has 0 spiro atoms. The van der Waals surface area contributed by atoms with Gasteiger partial charge < -0.3 is 5.73 Å². The van der Waals surface area contributed by atoms with Gasteiger partial charge in [0.2, 0.25) is 5.13 Å². The van der Waals surface area contributed by atoms with Crippen molar-refractivity contribution in [3.8, 4) is 0 Å². The Morgan fingerprint density at radius 1 is 0.750 bits per heavy atom. The molecule has 0 aromatic heterocycles. The number of anilines is 1. The molecule has 1 aliphatic carbocycles. The van der Waals surface area contributed by atoms with Crippen molar-refractivity contribution in [2.24, 2.45) is 0 Å². The lowest BCUT2D eigenvalue weighted by molar-refractivity contribution is 0.186. The molecule has 40 heavy (non-hydrogen) atoms. The van der Waals surface area contributed by atoms with Crippen LogP contribution in [0.1, 0.15) is 28.2 Å². The highest BCUT2D eigenvalue weighted by molar-refractivity contribution is 14.1. The number of halogens is 9. The molecule has 5 rings (SSSR count). The van der Waals surface area contributed by atoms with Crippen molar-refractivity contribution in [1.29, 1.82) is 0 Å². The Balaban J connectivity index is 2.00. The lowest BCUT2D eigenvalue weighted by atomic mass is 9.66. The Morgan fingerprint density at radius 2 is 1.30 bits per heavy atom. The van der Waals surface area contributed by atoms with E-state index in [9.17, 15) is 4.39 Å². The third kappa shape index (κ3) is 4.87. The Kier molecular flexibility index (Phi) is 8.52. The molecular weight excluding hydrogens is 796 g/mol. The Labute approximate surface area is 277 Å². The summed E-state index contributed by atoms with van der Waals surface area (Å²) in [5, 5.41) is -2.70. The van der Waals surface area contributed by atoms with Crippen LogP contribution in [0, 0.1) is 5.82 Å². The van der Waals surface area contributed by atoms with Crippen LogP contribution in [0.5, 0.6) is 0 Å². The Bertz CT molecular complexity index is 1630. The first-order valence-corrected chi connectivity index (χ1v) is 15.6. The first-order valence-electron chi connectivity index (χ1n) is 11.8. The van der Waals surface area contributed by atoms with Gasteiger partial charge in [0.05, 0.1) is 21.7 Å². The molecule has 206 valence electrons. The number of benzene rings is 4. The molecule has 0 fully saturated rings. The van der Waals surface area contributed by atoms with Gasteiger partial charge in [0.15, 0.2) is 0 Å². The molecule has 0 saturated heterocycles. The minimum Gasteiger partial charge on any atom is -0.397 e. The van der Waals surface area contributed by atoms with E-state index < -0.39 is 24.1 Å². The molecule has 4 aromatic carbocycles. The SMILES string of the molecule is Nc1cc(Cl)c(C2C(Br)(I)C(c3ccccc3)=C(c3ccccc3)C(Cl)(c3ccc(F)c(Cl)c3)C2(F)Cl)cc1Cl. The molecule has 0 bridgehead atoms. The van der Waals surface area contributed by atoms with Gasteiger partial charge in [0.1, 0.15) is 13.0 Å². The van der Waals surface area contributed by atoms with Crippen LogP contribution in [0.4, 0.5) is 14.5 Å². The third-order valence-corrected chi connectivity index (χ3v) is 11.2. The van der Waals surface area contributed by atoms with Crippen molar-refractivity contribution >= 4 is 113 Å². The lowest BCUT2D eigenvalue weighted by Gasteiger charge is -2.54. The van der Waals surface area contributed by atoms with Crippen molar-refractivity contribution in [2.75, 3.05) is 5.73 Å². The van der Waals surface area contributed by atoms with Crippen LogP contribution >= 0.6 is 96.5 Å². The number of nitrogens with two attached hydrogens (primary N) is 1. The monoisotopic (exact) mass is 811 g/mol. The minimum atomic E-state index is -2.80. The molecule has 0 radical (unpaired) electrons. The van der Waals surface area contributed by atoms with Crippen LogP contribution in [0.3, 0.4) is 0 Å². The van der Waals surface area contributed by atoms with Crippen molar-refractivity contribution in [3.63, 3.8) is 0 Å². The van der Waals surface area contributed by atoms with Crippen molar-refractivity contribution < 1.29 is 8.78 Å². The number of allylic oxidation sites excluding steroid dienone is 2. The zero-order valence-corrected chi connectivity index (χ0v) is 27.7. The standard InChI is InChI=1S/C30H18BrCl5F2IN/c31-29(39)26(17-9-5-2-6-10-17)25(16-7-3-1-4-8-16)28(35,18-11-12-23(37)21(33)13-18)30(36,38)27(29)19-14-22(34)24(40)15-20(19)32/h1-15,27H,40H2. The Morgan fingerprint density at radius 3 is 1.85 bits per heavy atom. The molecule has 0 amide bonds. The zero-order valence-electron chi connectivity index (χ0n) is 20.2. The van der Waals surface area contributed by atoms with E-state index in [2.05, 4.69) is 38.5 Å². The average molecular weight is 815 g/mol. The van der Waals surface area contributed by atoms with E-state index in [0.717, 1.165) is 11.6 Å². The second kappa shape index (κ2) is 11.2. The summed E-state index contributed by atoms with van der Waals surface area (Å²) in [6.07, 6.45) is 0. The van der Waals surface area contributed by atoms with Gasteiger partial charge in [-0.25, -0.2) is 8.78 Å². The summed E-state index contributed by atoms with van der Waals surface area (Å²) >= 11 is 40.1. The minimum absolute atomic E-state index is 0.154. The summed E-state index contributed by atoms with van der Waals surface area (Å²) in [7, 11) is 0. The predicted molar refractivity (Wildman–Crippen MR) is 178 cm³/mol. The van der Waals surface area contributed by atoms with Crippen LogP contribution in [0.15, 0.2) is 91.0 Å². The molecule has 1 nitrogen and oxygen atoms in total. The summed E-state index contributed by atoms with van der Waals surface area (Å²) in [5.74, 6) is -1.93. The summed E-state index contributed by atoms with van der Waals surface area (Å²) < 4.78 is 31.2. The van der Waals surface area contributed by atoms with E-state index >= 15 is 4.39 Å². The topological polar surface area (TPSA) is 26.0 Å². The fourth-order valence-electron chi connectivity index (χ4n) is 5.20. The molecule has 4 aromatic rings. The van der Waals surface area contributed by atoms with Crippen LogP contribution in [-0.2, 0) is 4.87 Å². The molecule has 0 heterocycles. The fourth-order valence-corrected chi connectivity index (χ4v) is 9.40. The van der Waals surface area contributed by atoms with E-state index in [0.29, 0.717) is 16.7 Å². The average Bonchev–Trinajstić information content (AvgIpc) is 2.91. The first kappa shape index (κ1) is 30.4. The van der Waals surface area contributed by atoms with Gasteiger partial charge in [-0.1, -0.05) is 152 Å². The van der Waals surface area contributed by atoms with E-state index in [1.807, 2.05) is 60.7 Å². The van der Waals surface area contributed by atoms with Gasteiger partial charge in [-0.05, 0) is 57.7 Å². The van der Waals surface area contributed by atoms with E-state index in [-0.39, 0.29) is 31.9 Å². The highest BCUT2D eigenvalue weighted by Crippen LogP contribution is 2.72. The van der Waals surface area contributed by atoms with E-state index in [1.54, 1.807) is 0 Å². The summed E-state index contributed by atoms with van der Waals surface area (Å²) in [5.41, 5.74) is 9.05. The zero-order chi connectivity index (χ0) is 29.0. The van der Waals surface area contributed by atoms with Gasteiger partial charge >= 0.3 is 0 Å². The van der Waals surface area contributed by atoms with Gasteiger partial charge in [-0.2, -0.15) is 0 Å². The van der Waals surface area contributed by atoms with Crippen LogP contribution in [0.2, 0.25) is 15.1 Å². The summed E-state index contributed by atoms with van der Waals surface area (Å²) in [4.78, 5) is -2.11. The summed E-state index contributed by atoms with van der Waals surface area (Å²) in [6, 6.07) is 25.3. The Hall–Kier alpha value is -1.06. The molecule has 4 atom stereocenters. The second-order valence-corrected chi connectivity index (χ2v) is 16.1. The maximum absolute atomic E-state index is 18.0.